The van der Waals surface area contributed by atoms with E-state index in [1.807, 2.05) is 11.4 Å². The quantitative estimate of drug-likeness (QED) is 0.746. The second kappa shape index (κ2) is 2.54. The van der Waals surface area contributed by atoms with Crippen molar-refractivity contribution in [2.75, 3.05) is 0 Å². The van der Waals surface area contributed by atoms with Crippen molar-refractivity contribution in [2.24, 2.45) is 5.73 Å². The van der Waals surface area contributed by atoms with Crippen LogP contribution in [0.2, 0.25) is 0 Å². The second-order valence-corrected chi connectivity index (χ2v) is 3.48. The molecule has 3 heteroatoms. The Hall–Kier alpha value is -0.280. The lowest BCUT2D eigenvalue weighted by molar-refractivity contribution is 1.63. The molecule has 0 aliphatic heterocycles. The minimum Gasteiger partial charge on any atom is -0.398 e. The number of hydrogen-bond acceptors (Lipinski definition) is 2. The Morgan fingerprint density at radius 1 is 1.78 bits per heavy atom. The van der Waals surface area contributed by atoms with Gasteiger partial charge in [0.1, 0.15) is 0 Å². The Kier molecular flexibility index (Phi) is 1.93. The monoisotopic (exact) mass is 203 g/mol. The first kappa shape index (κ1) is 6.83. The summed E-state index contributed by atoms with van der Waals surface area (Å²) in [5, 5.41) is 1.98. The molecule has 0 radical (unpaired) electrons. The summed E-state index contributed by atoms with van der Waals surface area (Å²) in [5.74, 6) is 0. The molecule has 0 saturated carbocycles. The highest BCUT2D eigenvalue weighted by atomic mass is 79.9. The topological polar surface area (TPSA) is 26.0 Å². The number of thiophene rings is 1. The van der Waals surface area contributed by atoms with Gasteiger partial charge in [-0.25, -0.2) is 0 Å². The van der Waals surface area contributed by atoms with Gasteiger partial charge in [-0.3, -0.25) is 0 Å². The average Bonchev–Trinajstić information content (AvgIpc) is 2.14. The average molecular weight is 204 g/mol. The standard InChI is InChI=1S/C6H6BrNS/c1-4(8)6-2-5(7)3-9-6/h2-3H,1,8H2. The summed E-state index contributed by atoms with van der Waals surface area (Å²) in [6.07, 6.45) is 0. The van der Waals surface area contributed by atoms with E-state index in [0.717, 1.165) is 9.35 Å². The van der Waals surface area contributed by atoms with Crippen molar-refractivity contribution in [1.82, 2.24) is 0 Å². The summed E-state index contributed by atoms with van der Waals surface area (Å²) in [6, 6.07) is 1.95. The summed E-state index contributed by atoms with van der Waals surface area (Å²) in [7, 11) is 0. The van der Waals surface area contributed by atoms with E-state index >= 15 is 0 Å². The van der Waals surface area contributed by atoms with Crippen molar-refractivity contribution in [1.29, 1.82) is 0 Å². The number of nitrogens with two attached hydrogens (primary N) is 1. The molecule has 1 aromatic rings. The van der Waals surface area contributed by atoms with Crippen LogP contribution in [0.5, 0.6) is 0 Å². The molecule has 0 unspecified atom stereocenters. The van der Waals surface area contributed by atoms with Crippen molar-refractivity contribution in [2.45, 2.75) is 0 Å². The molecule has 0 saturated heterocycles. The third kappa shape index (κ3) is 1.56. The summed E-state index contributed by atoms with van der Waals surface area (Å²) in [6.45, 7) is 3.61. The first-order chi connectivity index (χ1) is 4.20. The zero-order valence-corrected chi connectivity index (χ0v) is 7.13. The van der Waals surface area contributed by atoms with Crippen LogP contribution in [-0.2, 0) is 0 Å². The van der Waals surface area contributed by atoms with Gasteiger partial charge in [0.25, 0.3) is 0 Å². The van der Waals surface area contributed by atoms with Crippen LogP contribution in [0.4, 0.5) is 0 Å². The summed E-state index contributed by atoms with van der Waals surface area (Å²) >= 11 is 4.90. The first-order valence-corrected chi connectivity index (χ1v) is 4.06. The molecular weight excluding hydrogens is 198 g/mol. The molecule has 0 fully saturated rings. The summed E-state index contributed by atoms with van der Waals surface area (Å²) in [4.78, 5) is 1.03. The number of rotatable bonds is 1. The minimum atomic E-state index is 0.630. The highest BCUT2D eigenvalue weighted by molar-refractivity contribution is 9.10. The summed E-state index contributed by atoms with van der Waals surface area (Å²) in [5.41, 5.74) is 6.05. The molecule has 0 aromatic carbocycles. The predicted octanol–water partition coefficient (Wildman–Crippen LogP) is 2.44. The maximum atomic E-state index is 5.42. The normalized spacial score (nSPS) is 9.44. The van der Waals surface area contributed by atoms with Gasteiger partial charge >= 0.3 is 0 Å². The van der Waals surface area contributed by atoms with E-state index in [1.165, 1.54) is 0 Å². The Bertz CT molecular complexity index is 229. The second-order valence-electron chi connectivity index (χ2n) is 1.65. The molecule has 48 valence electrons. The highest BCUT2D eigenvalue weighted by Crippen LogP contribution is 2.22. The molecular formula is C6H6BrNS. The van der Waals surface area contributed by atoms with E-state index in [1.54, 1.807) is 11.3 Å². The van der Waals surface area contributed by atoms with Gasteiger partial charge in [0.2, 0.25) is 0 Å². The van der Waals surface area contributed by atoms with Crippen LogP contribution < -0.4 is 5.73 Å². The van der Waals surface area contributed by atoms with Crippen molar-refractivity contribution < 1.29 is 0 Å². The smallest absolute Gasteiger partial charge is 0.0505 e. The van der Waals surface area contributed by atoms with E-state index in [4.69, 9.17) is 5.73 Å². The maximum absolute atomic E-state index is 5.42. The van der Waals surface area contributed by atoms with Crippen molar-refractivity contribution in [3.05, 3.63) is 27.4 Å². The van der Waals surface area contributed by atoms with Crippen LogP contribution in [0.15, 0.2) is 22.5 Å². The Morgan fingerprint density at radius 3 is 2.67 bits per heavy atom. The van der Waals surface area contributed by atoms with Crippen LogP contribution in [0, 0.1) is 0 Å². The minimum absolute atomic E-state index is 0.630. The third-order valence-corrected chi connectivity index (χ3v) is 2.65. The lowest BCUT2D eigenvalue weighted by Gasteiger charge is -1.87. The fourth-order valence-electron chi connectivity index (χ4n) is 0.481. The number of halogens is 1. The molecule has 2 N–H and O–H groups in total. The van der Waals surface area contributed by atoms with Crippen molar-refractivity contribution in [3.8, 4) is 0 Å². The molecule has 1 nitrogen and oxygen atoms in total. The van der Waals surface area contributed by atoms with Crippen LogP contribution in [0.25, 0.3) is 5.70 Å². The van der Waals surface area contributed by atoms with Gasteiger partial charge in [-0.2, -0.15) is 0 Å². The van der Waals surface area contributed by atoms with Gasteiger partial charge in [-0.05, 0) is 22.0 Å². The molecule has 0 amide bonds. The fourth-order valence-corrected chi connectivity index (χ4v) is 1.80. The van der Waals surface area contributed by atoms with Crippen LogP contribution in [0.3, 0.4) is 0 Å². The first-order valence-electron chi connectivity index (χ1n) is 2.39. The van der Waals surface area contributed by atoms with Crippen molar-refractivity contribution in [3.63, 3.8) is 0 Å². The lowest BCUT2D eigenvalue weighted by atomic mass is 10.4. The van der Waals surface area contributed by atoms with Crippen LogP contribution >= 0.6 is 27.3 Å². The highest BCUT2D eigenvalue weighted by Gasteiger charge is 1.95. The van der Waals surface area contributed by atoms with Gasteiger partial charge in [0.05, 0.1) is 4.88 Å². The van der Waals surface area contributed by atoms with Gasteiger partial charge < -0.3 is 5.73 Å². The van der Waals surface area contributed by atoms with E-state index in [2.05, 4.69) is 22.5 Å². The molecule has 0 aliphatic rings. The zero-order valence-electron chi connectivity index (χ0n) is 4.73. The molecule has 1 aromatic heterocycles. The molecule has 0 bridgehead atoms. The predicted molar refractivity (Wildman–Crippen MR) is 45.2 cm³/mol. The molecule has 0 spiro atoms. The zero-order chi connectivity index (χ0) is 6.85. The SMILES string of the molecule is C=C(N)c1cc(Br)cs1. The molecule has 1 rings (SSSR count). The van der Waals surface area contributed by atoms with E-state index in [-0.39, 0.29) is 0 Å². The third-order valence-electron chi connectivity index (χ3n) is 0.884. The van der Waals surface area contributed by atoms with E-state index in [9.17, 15) is 0 Å². The van der Waals surface area contributed by atoms with Gasteiger partial charge in [-0.15, -0.1) is 11.3 Å². The molecule has 0 atom stereocenters. The Balaban J connectivity index is 2.98. The van der Waals surface area contributed by atoms with Gasteiger partial charge in [-0.1, -0.05) is 6.58 Å². The Labute approximate surface area is 66.3 Å². The van der Waals surface area contributed by atoms with Gasteiger partial charge in [0, 0.05) is 15.5 Å². The van der Waals surface area contributed by atoms with E-state index < -0.39 is 0 Å². The molecule has 0 aliphatic carbocycles. The fraction of sp³-hybridized carbons (Fsp3) is 0. The van der Waals surface area contributed by atoms with Crippen LogP contribution in [0.1, 0.15) is 4.88 Å². The van der Waals surface area contributed by atoms with Crippen LogP contribution in [-0.4, -0.2) is 0 Å². The summed E-state index contributed by atoms with van der Waals surface area (Å²) < 4.78 is 1.06. The molecule has 1 heterocycles. The maximum Gasteiger partial charge on any atom is 0.0505 e. The van der Waals surface area contributed by atoms with E-state index in [0.29, 0.717) is 5.70 Å². The largest absolute Gasteiger partial charge is 0.398 e. The lowest BCUT2D eigenvalue weighted by Crippen LogP contribution is -1.88. The van der Waals surface area contributed by atoms with Gasteiger partial charge in [0.15, 0.2) is 0 Å². The van der Waals surface area contributed by atoms with Crippen molar-refractivity contribution >= 4 is 33.0 Å². The number of hydrogen-bond donors (Lipinski definition) is 1. The Morgan fingerprint density at radius 2 is 2.44 bits per heavy atom. The molecule has 9 heavy (non-hydrogen) atoms.